The lowest BCUT2D eigenvalue weighted by molar-refractivity contribution is -0.0584. The second-order valence-corrected chi connectivity index (χ2v) is 4.47. The molecule has 4 heteroatoms. The fourth-order valence-corrected chi connectivity index (χ4v) is 2.38. The van der Waals surface area contributed by atoms with E-state index in [1.165, 1.54) is 19.3 Å². The molecule has 0 aromatic heterocycles. The first-order valence-corrected chi connectivity index (χ1v) is 6.05. The highest BCUT2D eigenvalue weighted by Gasteiger charge is 2.33. The highest BCUT2D eigenvalue weighted by molar-refractivity contribution is 5.78. The summed E-state index contributed by atoms with van der Waals surface area (Å²) < 4.78 is 5.90. The van der Waals surface area contributed by atoms with Crippen LogP contribution in [0.3, 0.4) is 0 Å². The third kappa shape index (κ3) is 2.62. The molecule has 0 radical (unpaired) electrons. The lowest BCUT2D eigenvalue weighted by Crippen LogP contribution is -2.47. The summed E-state index contributed by atoms with van der Waals surface area (Å²) in [7, 11) is 0. The van der Waals surface area contributed by atoms with Crippen molar-refractivity contribution in [3.63, 3.8) is 0 Å². The van der Waals surface area contributed by atoms with Crippen molar-refractivity contribution < 1.29 is 4.74 Å². The lowest BCUT2D eigenvalue weighted by Gasteiger charge is -2.32. The van der Waals surface area contributed by atoms with Gasteiger partial charge in [-0.15, -0.1) is 0 Å². The summed E-state index contributed by atoms with van der Waals surface area (Å²) in [6.07, 6.45) is 7.36. The summed E-state index contributed by atoms with van der Waals surface area (Å²) in [5.74, 6) is 0.556. The van der Waals surface area contributed by atoms with Gasteiger partial charge in [-0.3, -0.25) is 0 Å². The predicted molar refractivity (Wildman–Crippen MR) is 60.6 cm³/mol. The molecule has 3 N–H and O–H groups in total. The van der Waals surface area contributed by atoms with Crippen LogP contribution in [0.25, 0.3) is 0 Å². The number of hydrogen-bond acceptors (Lipinski definition) is 4. The Morgan fingerprint density at radius 2 is 2.33 bits per heavy atom. The van der Waals surface area contributed by atoms with E-state index in [0.717, 1.165) is 19.3 Å². The topological polar surface area (TPSA) is 59.6 Å². The molecule has 1 saturated heterocycles. The Labute approximate surface area is 91.3 Å². The maximum absolute atomic E-state index is 5.90. The molecule has 3 atom stereocenters. The van der Waals surface area contributed by atoms with Crippen molar-refractivity contribution in [2.75, 3.05) is 0 Å². The van der Waals surface area contributed by atoms with Gasteiger partial charge in [0, 0.05) is 0 Å². The second kappa shape index (κ2) is 4.84. The molecule has 15 heavy (non-hydrogen) atoms. The van der Waals surface area contributed by atoms with Crippen LogP contribution in [0, 0.1) is 0 Å². The summed E-state index contributed by atoms with van der Waals surface area (Å²) in [6, 6.07) is 0.379. The summed E-state index contributed by atoms with van der Waals surface area (Å²) in [6.45, 7) is 2.22. The number of nitrogens with one attached hydrogen (secondary N) is 1. The molecule has 3 aliphatic rings. The summed E-state index contributed by atoms with van der Waals surface area (Å²) in [5, 5.41) is 3.25. The van der Waals surface area contributed by atoms with Gasteiger partial charge in [-0.2, -0.15) is 0 Å². The largest absolute Gasteiger partial charge is 0.370 e. The Morgan fingerprint density at radius 1 is 1.47 bits per heavy atom. The maximum atomic E-state index is 5.90. The highest BCUT2D eigenvalue weighted by Crippen LogP contribution is 2.26. The fraction of sp³-hybridized carbons (Fsp3) is 0.909. The Balaban J connectivity index is 1.88. The molecule has 86 valence electrons. The van der Waals surface area contributed by atoms with E-state index in [1.807, 2.05) is 0 Å². The molecular weight excluding hydrogens is 190 g/mol. The summed E-state index contributed by atoms with van der Waals surface area (Å²) >= 11 is 0. The van der Waals surface area contributed by atoms with E-state index in [9.17, 15) is 0 Å². The Bertz CT molecular complexity index is 242. The number of guanidine groups is 1. The number of rotatable bonds is 4. The number of hydrogen-bond donors (Lipinski definition) is 2. The van der Waals surface area contributed by atoms with Gasteiger partial charge in [-0.1, -0.05) is 26.2 Å². The van der Waals surface area contributed by atoms with Crippen LogP contribution in [-0.4, -0.2) is 24.3 Å². The van der Waals surface area contributed by atoms with Crippen molar-refractivity contribution in [2.45, 2.75) is 63.8 Å². The fourth-order valence-electron chi connectivity index (χ4n) is 2.38. The van der Waals surface area contributed by atoms with Gasteiger partial charge in [0.05, 0.1) is 12.1 Å². The van der Waals surface area contributed by atoms with Crippen LogP contribution in [0.1, 0.15) is 45.4 Å². The van der Waals surface area contributed by atoms with Crippen LogP contribution >= 0.6 is 0 Å². The lowest BCUT2D eigenvalue weighted by atomic mass is 9.97. The van der Waals surface area contributed by atoms with E-state index >= 15 is 0 Å². The number of aliphatic imine (C=N–C) groups is 1. The molecular formula is C11H21N3O. The minimum atomic E-state index is 0.00266. The van der Waals surface area contributed by atoms with Crippen molar-refractivity contribution in [3.05, 3.63) is 0 Å². The molecule has 0 aromatic rings. The standard InChI is InChI=1S/C11H21N3O/c1-2-3-4-5-9-8-6-7-10(15-9)14-11(12)13-8/h8-10H,2-7H2,1H3,(H3,12,13,14)/t8-,9?,10-/m0/s1. The molecule has 1 fully saturated rings. The van der Waals surface area contributed by atoms with Gasteiger partial charge < -0.3 is 15.8 Å². The smallest absolute Gasteiger partial charge is 0.191 e. The minimum absolute atomic E-state index is 0.00266. The zero-order valence-corrected chi connectivity index (χ0v) is 9.41. The van der Waals surface area contributed by atoms with E-state index < -0.39 is 0 Å². The van der Waals surface area contributed by atoms with Gasteiger partial charge in [0.2, 0.25) is 0 Å². The molecule has 2 bridgehead atoms. The van der Waals surface area contributed by atoms with E-state index in [0.29, 0.717) is 18.1 Å². The van der Waals surface area contributed by atoms with Gasteiger partial charge in [-0.25, -0.2) is 4.99 Å². The highest BCUT2D eigenvalue weighted by atomic mass is 16.5. The van der Waals surface area contributed by atoms with Gasteiger partial charge in [-0.05, 0) is 19.3 Å². The average Bonchev–Trinajstić information content (AvgIpc) is 2.47. The van der Waals surface area contributed by atoms with Crippen molar-refractivity contribution in [1.82, 2.24) is 5.32 Å². The predicted octanol–water partition coefficient (Wildman–Crippen LogP) is 1.36. The summed E-state index contributed by atoms with van der Waals surface area (Å²) in [4.78, 5) is 4.28. The zero-order valence-electron chi connectivity index (χ0n) is 9.41. The van der Waals surface area contributed by atoms with Crippen LogP contribution in [0.15, 0.2) is 4.99 Å². The first kappa shape index (κ1) is 10.7. The number of nitrogens with zero attached hydrogens (tertiary/aromatic N) is 1. The number of ether oxygens (including phenoxy) is 1. The van der Waals surface area contributed by atoms with Crippen molar-refractivity contribution in [3.8, 4) is 0 Å². The quantitative estimate of drug-likeness (QED) is 0.690. The summed E-state index contributed by atoms with van der Waals surface area (Å²) in [5.41, 5.74) is 5.73. The number of fused-ring (bicyclic) bond motifs is 3. The Morgan fingerprint density at radius 3 is 3.13 bits per heavy atom. The molecule has 4 nitrogen and oxygen atoms in total. The van der Waals surface area contributed by atoms with Gasteiger partial charge >= 0.3 is 0 Å². The molecule has 3 heterocycles. The molecule has 0 aliphatic carbocycles. The van der Waals surface area contributed by atoms with Crippen LogP contribution < -0.4 is 11.1 Å². The van der Waals surface area contributed by atoms with E-state index in [4.69, 9.17) is 10.5 Å². The normalized spacial score (nSPS) is 34.5. The zero-order chi connectivity index (χ0) is 10.7. The third-order valence-corrected chi connectivity index (χ3v) is 3.21. The molecule has 0 saturated carbocycles. The Kier molecular flexibility index (Phi) is 3.46. The average molecular weight is 211 g/mol. The van der Waals surface area contributed by atoms with Crippen LogP contribution in [-0.2, 0) is 4.74 Å². The molecule has 3 aliphatic heterocycles. The van der Waals surface area contributed by atoms with E-state index in [1.54, 1.807) is 0 Å². The van der Waals surface area contributed by atoms with Crippen LogP contribution in [0.5, 0.6) is 0 Å². The monoisotopic (exact) mass is 211 g/mol. The molecule has 0 amide bonds. The molecule has 3 rings (SSSR count). The first-order valence-electron chi connectivity index (χ1n) is 6.05. The van der Waals surface area contributed by atoms with Gasteiger partial charge in [0.1, 0.15) is 0 Å². The van der Waals surface area contributed by atoms with Crippen molar-refractivity contribution >= 4 is 5.96 Å². The number of unbranched alkanes of at least 4 members (excludes halogenated alkanes) is 2. The molecule has 1 unspecified atom stereocenters. The first-order chi connectivity index (χ1) is 7.29. The SMILES string of the molecule is CCCCCC1O[C@H]2CC[C@@H]1NC(N)=N2. The Hall–Kier alpha value is -0.770. The van der Waals surface area contributed by atoms with E-state index in [-0.39, 0.29) is 6.23 Å². The van der Waals surface area contributed by atoms with Gasteiger partial charge in [0.15, 0.2) is 12.2 Å². The molecule has 0 aromatic carbocycles. The van der Waals surface area contributed by atoms with Crippen LogP contribution in [0.2, 0.25) is 0 Å². The number of nitrogens with two attached hydrogens (primary N) is 1. The maximum Gasteiger partial charge on any atom is 0.191 e. The second-order valence-electron chi connectivity index (χ2n) is 4.47. The van der Waals surface area contributed by atoms with E-state index in [2.05, 4.69) is 17.2 Å². The van der Waals surface area contributed by atoms with Crippen LogP contribution in [0.4, 0.5) is 0 Å². The molecule has 0 spiro atoms. The van der Waals surface area contributed by atoms with Crippen molar-refractivity contribution in [1.29, 1.82) is 0 Å². The minimum Gasteiger partial charge on any atom is -0.370 e. The third-order valence-electron chi connectivity index (χ3n) is 3.21. The van der Waals surface area contributed by atoms with Gasteiger partial charge in [0.25, 0.3) is 0 Å². The van der Waals surface area contributed by atoms with Crippen molar-refractivity contribution in [2.24, 2.45) is 10.7 Å².